The van der Waals surface area contributed by atoms with E-state index in [9.17, 15) is 14.0 Å². The predicted molar refractivity (Wildman–Crippen MR) is 97.5 cm³/mol. The minimum Gasteiger partial charge on any atom is -0.493 e. The smallest absolute Gasteiger partial charge is 0.363 e. The molecule has 1 aliphatic rings. The molecule has 1 heterocycles. The standard InChI is InChI=1S/C20H16FNO6/c1-25-17-9-12(6-7-16(17)27-11-18(23)26-2)8-15-20(24)28-19(22-15)13-4-3-5-14(21)10-13/h3-10H,11H2,1-2H3/b15-8+. The number of aliphatic imine (C=N–C) groups is 1. The van der Waals surface area contributed by atoms with Crippen molar-refractivity contribution in [3.63, 3.8) is 0 Å². The number of cyclic esters (lactones) is 1. The van der Waals surface area contributed by atoms with Crippen molar-refractivity contribution in [1.29, 1.82) is 0 Å². The van der Waals surface area contributed by atoms with E-state index in [0.717, 1.165) is 0 Å². The van der Waals surface area contributed by atoms with Crippen LogP contribution in [-0.4, -0.2) is 38.7 Å². The van der Waals surface area contributed by atoms with Crippen molar-refractivity contribution in [2.75, 3.05) is 20.8 Å². The topological polar surface area (TPSA) is 83.4 Å². The first-order valence-electron chi connectivity index (χ1n) is 8.16. The van der Waals surface area contributed by atoms with E-state index in [4.69, 9.17) is 14.2 Å². The van der Waals surface area contributed by atoms with Crippen LogP contribution in [0.4, 0.5) is 4.39 Å². The molecule has 0 atom stereocenters. The lowest BCUT2D eigenvalue weighted by molar-refractivity contribution is -0.143. The van der Waals surface area contributed by atoms with E-state index in [1.54, 1.807) is 24.3 Å². The number of methoxy groups -OCH3 is 2. The molecule has 0 amide bonds. The first kappa shape index (κ1) is 19.1. The van der Waals surface area contributed by atoms with Crippen LogP contribution >= 0.6 is 0 Å². The molecule has 2 aromatic rings. The van der Waals surface area contributed by atoms with Crippen LogP contribution in [0.25, 0.3) is 6.08 Å². The number of ether oxygens (including phenoxy) is 4. The Morgan fingerprint density at radius 1 is 1.18 bits per heavy atom. The summed E-state index contributed by atoms with van der Waals surface area (Å²) in [6.45, 7) is -0.263. The van der Waals surface area contributed by atoms with Crippen LogP contribution in [-0.2, 0) is 19.1 Å². The van der Waals surface area contributed by atoms with Crippen molar-refractivity contribution in [2.45, 2.75) is 0 Å². The number of carbonyl (C=O) groups excluding carboxylic acids is 2. The summed E-state index contributed by atoms with van der Waals surface area (Å²) in [5.41, 5.74) is 1.02. The van der Waals surface area contributed by atoms with Crippen molar-refractivity contribution < 1.29 is 32.9 Å². The van der Waals surface area contributed by atoms with Gasteiger partial charge in [0.15, 0.2) is 23.8 Å². The lowest BCUT2D eigenvalue weighted by Crippen LogP contribution is -2.12. The lowest BCUT2D eigenvalue weighted by Gasteiger charge is -2.10. The minimum atomic E-state index is -0.649. The third-order valence-corrected chi connectivity index (χ3v) is 3.76. The average Bonchev–Trinajstić information content (AvgIpc) is 3.07. The summed E-state index contributed by atoms with van der Waals surface area (Å²) in [6, 6.07) is 10.5. The molecule has 3 rings (SSSR count). The summed E-state index contributed by atoms with van der Waals surface area (Å²) in [5, 5.41) is 0. The van der Waals surface area contributed by atoms with Crippen molar-refractivity contribution in [3.05, 3.63) is 65.1 Å². The molecule has 0 aromatic heterocycles. The normalized spacial score (nSPS) is 14.5. The second kappa shape index (κ2) is 8.34. The Morgan fingerprint density at radius 2 is 2.00 bits per heavy atom. The van der Waals surface area contributed by atoms with E-state index < -0.39 is 17.8 Å². The van der Waals surface area contributed by atoms with Crippen molar-refractivity contribution >= 4 is 23.9 Å². The molecule has 0 saturated carbocycles. The summed E-state index contributed by atoms with van der Waals surface area (Å²) in [4.78, 5) is 27.4. The van der Waals surface area contributed by atoms with Gasteiger partial charge in [0.25, 0.3) is 0 Å². The van der Waals surface area contributed by atoms with E-state index in [1.807, 2.05) is 0 Å². The largest absolute Gasteiger partial charge is 0.493 e. The molecule has 0 N–H and O–H groups in total. The van der Waals surface area contributed by atoms with Gasteiger partial charge in [-0.15, -0.1) is 0 Å². The Balaban J connectivity index is 1.84. The highest BCUT2D eigenvalue weighted by molar-refractivity contribution is 6.12. The number of esters is 2. The fraction of sp³-hybridized carbons (Fsp3) is 0.150. The van der Waals surface area contributed by atoms with Crippen LogP contribution in [0.5, 0.6) is 11.5 Å². The highest BCUT2D eigenvalue weighted by Crippen LogP contribution is 2.30. The Labute approximate surface area is 160 Å². The molecular weight excluding hydrogens is 369 g/mol. The second-order valence-electron chi connectivity index (χ2n) is 5.62. The molecule has 7 nitrogen and oxygen atoms in total. The third kappa shape index (κ3) is 4.35. The molecule has 0 unspecified atom stereocenters. The van der Waals surface area contributed by atoms with Crippen LogP contribution < -0.4 is 9.47 Å². The Morgan fingerprint density at radius 3 is 2.71 bits per heavy atom. The van der Waals surface area contributed by atoms with E-state index >= 15 is 0 Å². The van der Waals surface area contributed by atoms with Gasteiger partial charge in [0, 0.05) is 5.56 Å². The van der Waals surface area contributed by atoms with Gasteiger partial charge in [0.1, 0.15) is 5.82 Å². The first-order chi connectivity index (χ1) is 13.5. The molecule has 0 aliphatic carbocycles. The molecule has 0 spiro atoms. The van der Waals surface area contributed by atoms with Crippen molar-refractivity contribution in [2.24, 2.45) is 4.99 Å². The molecule has 1 aliphatic heterocycles. The average molecular weight is 385 g/mol. The van der Waals surface area contributed by atoms with E-state index in [0.29, 0.717) is 22.6 Å². The lowest BCUT2D eigenvalue weighted by atomic mass is 10.1. The number of rotatable bonds is 6. The Kier molecular flexibility index (Phi) is 5.69. The summed E-state index contributed by atoms with van der Waals surface area (Å²) in [7, 11) is 2.71. The number of hydrogen-bond acceptors (Lipinski definition) is 7. The number of nitrogens with zero attached hydrogens (tertiary/aromatic N) is 1. The van der Waals surface area contributed by atoms with Crippen LogP contribution in [0.2, 0.25) is 0 Å². The number of benzene rings is 2. The third-order valence-electron chi connectivity index (χ3n) is 3.76. The van der Waals surface area contributed by atoms with Crippen molar-refractivity contribution in [1.82, 2.24) is 0 Å². The summed E-state index contributed by atoms with van der Waals surface area (Å²) in [5.74, 6) is -0.904. The van der Waals surface area contributed by atoms with Crippen LogP contribution in [0, 0.1) is 5.82 Å². The molecular formula is C20H16FNO6. The van der Waals surface area contributed by atoms with Gasteiger partial charge in [0.05, 0.1) is 14.2 Å². The zero-order valence-electron chi connectivity index (χ0n) is 15.1. The summed E-state index contributed by atoms with van der Waals surface area (Å²) in [6.07, 6.45) is 1.50. The SMILES string of the molecule is COC(=O)COc1ccc(/C=C2/N=C(c3cccc(F)c3)OC2=O)cc1OC. The quantitative estimate of drug-likeness (QED) is 0.562. The first-order valence-corrected chi connectivity index (χ1v) is 8.16. The molecule has 0 fully saturated rings. The Hall–Kier alpha value is -3.68. The minimum absolute atomic E-state index is 0.0285. The maximum Gasteiger partial charge on any atom is 0.363 e. The van der Waals surface area contributed by atoms with E-state index in [2.05, 4.69) is 9.73 Å². The van der Waals surface area contributed by atoms with Crippen molar-refractivity contribution in [3.8, 4) is 11.5 Å². The zero-order valence-corrected chi connectivity index (χ0v) is 15.1. The Bertz CT molecular complexity index is 982. The van der Waals surface area contributed by atoms with E-state index in [1.165, 1.54) is 38.5 Å². The van der Waals surface area contributed by atoms with Gasteiger partial charge in [-0.2, -0.15) is 0 Å². The molecule has 8 heteroatoms. The monoisotopic (exact) mass is 385 g/mol. The van der Waals surface area contributed by atoms with Gasteiger partial charge in [-0.1, -0.05) is 12.1 Å². The number of carbonyl (C=O) groups is 2. The highest BCUT2D eigenvalue weighted by atomic mass is 19.1. The number of halogens is 1. The van der Waals surface area contributed by atoms with Gasteiger partial charge >= 0.3 is 11.9 Å². The summed E-state index contributed by atoms with van der Waals surface area (Å²) < 4.78 is 33.6. The molecule has 0 radical (unpaired) electrons. The van der Waals surface area contributed by atoms with Gasteiger partial charge in [-0.3, -0.25) is 0 Å². The van der Waals surface area contributed by atoms with E-state index in [-0.39, 0.29) is 18.2 Å². The fourth-order valence-corrected chi connectivity index (χ4v) is 2.40. The molecule has 0 bridgehead atoms. The summed E-state index contributed by atoms with van der Waals surface area (Å²) >= 11 is 0. The highest BCUT2D eigenvalue weighted by Gasteiger charge is 2.24. The molecule has 0 saturated heterocycles. The predicted octanol–water partition coefficient (Wildman–Crippen LogP) is 2.73. The molecule has 144 valence electrons. The second-order valence-corrected chi connectivity index (χ2v) is 5.62. The maximum atomic E-state index is 13.4. The molecule has 28 heavy (non-hydrogen) atoms. The van der Waals surface area contributed by atoms with Gasteiger partial charge in [0.2, 0.25) is 5.90 Å². The van der Waals surface area contributed by atoms with Gasteiger partial charge in [-0.25, -0.2) is 19.0 Å². The fourth-order valence-electron chi connectivity index (χ4n) is 2.40. The van der Waals surface area contributed by atoms with Gasteiger partial charge < -0.3 is 18.9 Å². The van der Waals surface area contributed by atoms with Crippen LogP contribution in [0.3, 0.4) is 0 Å². The van der Waals surface area contributed by atoms with Crippen LogP contribution in [0.1, 0.15) is 11.1 Å². The molecule has 2 aromatic carbocycles. The zero-order chi connectivity index (χ0) is 20.1. The number of hydrogen-bond donors (Lipinski definition) is 0. The maximum absolute atomic E-state index is 13.4. The van der Waals surface area contributed by atoms with Gasteiger partial charge in [-0.05, 0) is 42.0 Å². The van der Waals surface area contributed by atoms with Crippen LogP contribution in [0.15, 0.2) is 53.2 Å².